The molecule has 110 valence electrons. The summed E-state index contributed by atoms with van der Waals surface area (Å²) in [5.74, 6) is 0.721. The van der Waals surface area contributed by atoms with Crippen molar-refractivity contribution in [1.29, 1.82) is 0 Å². The molecule has 0 spiro atoms. The Balaban J connectivity index is 4.46. The summed E-state index contributed by atoms with van der Waals surface area (Å²) in [6, 6.07) is 1.22. The van der Waals surface area contributed by atoms with Gasteiger partial charge in [-0.05, 0) is 25.8 Å². The van der Waals surface area contributed by atoms with Crippen molar-refractivity contribution in [1.82, 2.24) is 10.2 Å². The summed E-state index contributed by atoms with van der Waals surface area (Å²) in [7, 11) is 1.78. The highest BCUT2D eigenvalue weighted by molar-refractivity contribution is 4.78. The minimum absolute atomic E-state index is 0.589. The van der Waals surface area contributed by atoms with Crippen LogP contribution >= 0.6 is 0 Å². The third-order valence-electron chi connectivity index (χ3n) is 4.03. The lowest BCUT2D eigenvalue weighted by atomic mass is 9.98. The summed E-state index contributed by atoms with van der Waals surface area (Å²) in [6.45, 7) is 15.4. The minimum atomic E-state index is 0.589. The first-order chi connectivity index (χ1) is 8.60. The minimum Gasteiger partial charge on any atom is -0.383 e. The second kappa shape index (κ2) is 10.8. The smallest absolute Gasteiger partial charge is 0.0589 e. The van der Waals surface area contributed by atoms with E-state index in [1.165, 1.54) is 12.8 Å². The van der Waals surface area contributed by atoms with Gasteiger partial charge in [0, 0.05) is 32.3 Å². The van der Waals surface area contributed by atoms with Crippen molar-refractivity contribution >= 4 is 0 Å². The van der Waals surface area contributed by atoms with E-state index in [0.29, 0.717) is 12.1 Å². The summed E-state index contributed by atoms with van der Waals surface area (Å²) in [5.41, 5.74) is 0. The quantitative estimate of drug-likeness (QED) is 0.617. The zero-order chi connectivity index (χ0) is 14.0. The summed E-state index contributed by atoms with van der Waals surface area (Å²) in [4.78, 5) is 2.56. The number of methoxy groups -OCH3 is 1. The van der Waals surface area contributed by atoms with Crippen LogP contribution < -0.4 is 5.32 Å². The van der Waals surface area contributed by atoms with Crippen molar-refractivity contribution < 1.29 is 4.74 Å². The van der Waals surface area contributed by atoms with Crippen LogP contribution in [-0.2, 0) is 4.74 Å². The molecule has 0 saturated carbocycles. The first kappa shape index (κ1) is 17.9. The van der Waals surface area contributed by atoms with Crippen LogP contribution in [0.2, 0.25) is 0 Å². The lowest BCUT2D eigenvalue weighted by Gasteiger charge is -2.34. The van der Waals surface area contributed by atoms with E-state index in [4.69, 9.17) is 4.74 Å². The van der Waals surface area contributed by atoms with Gasteiger partial charge in [0.1, 0.15) is 0 Å². The summed E-state index contributed by atoms with van der Waals surface area (Å²) >= 11 is 0. The number of hydrogen-bond donors (Lipinski definition) is 1. The molecule has 3 heteroatoms. The summed E-state index contributed by atoms with van der Waals surface area (Å²) in [6.07, 6.45) is 2.43. The standard InChI is InChI=1S/C15H34N2O/c1-7-13(4)15(16-9-3)12-17(10-11-18-6)14(5)8-2/h13-16H,7-12H2,1-6H3. The van der Waals surface area contributed by atoms with E-state index >= 15 is 0 Å². The van der Waals surface area contributed by atoms with Crippen LogP contribution in [0.4, 0.5) is 0 Å². The van der Waals surface area contributed by atoms with Crippen molar-refractivity contribution in [3.8, 4) is 0 Å². The monoisotopic (exact) mass is 258 g/mol. The molecule has 0 aliphatic carbocycles. The van der Waals surface area contributed by atoms with Crippen LogP contribution in [0.15, 0.2) is 0 Å². The summed E-state index contributed by atoms with van der Waals surface area (Å²) < 4.78 is 5.23. The molecule has 18 heavy (non-hydrogen) atoms. The van der Waals surface area contributed by atoms with Gasteiger partial charge in [-0.3, -0.25) is 4.90 Å². The van der Waals surface area contributed by atoms with Gasteiger partial charge in [0.2, 0.25) is 0 Å². The fourth-order valence-corrected chi connectivity index (χ4v) is 2.20. The maximum absolute atomic E-state index is 5.23. The Bertz CT molecular complexity index is 187. The van der Waals surface area contributed by atoms with Crippen LogP contribution in [0.1, 0.15) is 47.5 Å². The Morgan fingerprint density at radius 1 is 1.11 bits per heavy atom. The first-order valence-electron chi connectivity index (χ1n) is 7.56. The van der Waals surface area contributed by atoms with Gasteiger partial charge in [0.25, 0.3) is 0 Å². The first-order valence-corrected chi connectivity index (χ1v) is 7.56. The van der Waals surface area contributed by atoms with Crippen molar-refractivity contribution in [3.63, 3.8) is 0 Å². The number of rotatable bonds is 11. The number of likely N-dealkylation sites (N-methyl/N-ethyl adjacent to an activating group) is 1. The van der Waals surface area contributed by atoms with Gasteiger partial charge < -0.3 is 10.1 Å². The second-order valence-corrected chi connectivity index (χ2v) is 5.29. The topological polar surface area (TPSA) is 24.5 Å². The van der Waals surface area contributed by atoms with E-state index in [1.54, 1.807) is 7.11 Å². The molecule has 0 heterocycles. The fraction of sp³-hybridized carbons (Fsp3) is 1.00. The van der Waals surface area contributed by atoms with E-state index in [0.717, 1.165) is 32.2 Å². The van der Waals surface area contributed by atoms with E-state index in [2.05, 4.69) is 44.8 Å². The highest BCUT2D eigenvalue weighted by atomic mass is 16.5. The van der Waals surface area contributed by atoms with Gasteiger partial charge in [-0.25, -0.2) is 0 Å². The molecule has 3 unspecified atom stereocenters. The Labute approximate surface area is 114 Å². The van der Waals surface area contributed by atoms with Crippen LogP contribution in [0, 0.1) is 5.92 Å². The molecule has 3 nitrogen and oxygen atoms in total. The predicted octanol–water partition coefficient (Wildman–Crippen LogP) is 2.76. The van der Waals surface area contributed by atoms with Crippen LogP contribution in [0.5, 0.6) is 0 Å². The van der Waals surface area contributed by atoms with Gasteiger partial charge in [0.05, 0.1) is 6.61 Å². The normalized spacial score (nSPS) is 16.8. The molecule has 0 aromatic rings. The molecule has 0 rings (SSSR count). The number of nitrogens with zero attached hydrogens (tertiary/aromatic N) is 1. The third kappa shape index (κ3) is 6.72. The fourth-order valence-electron chi connectivity index (χ4n) is 2.20. The Kier molecular flexibility index (Phi) is 10.7. The maximum Gasteiger partial charge on any atom is 0.0589 e. The van der Waals surface area contributed by atoms with Gasteiger partial charge >= 0.3 is 0 Å². The van der Waals surface area contributed by atoms with Gasteiger partial charge in [-0.2, -0.15) is 0 Å². The van der Waals surface area contributed by atoms with Crippen molar-refractivity contribution in [2.24, 2.45) is 5.92 Å². The number of ether oxygens (including phenoxy) is 1. The number of hydrogen-bond acceptors (Lipinski definition) is 3. The highest BCUT2D eigenvalue weighted by Crippen LogP contribution is 2.12. The van der Waals surface area contributed by atoms with Crippen molar-refractivity contribution in [2.45, 2.75) is 59.5 Å². The van der Waals surface area contributed by atoms with E-state index in [9.17, 15) is 0 Å². The molecular formula is C15H34N2O. The average molecular weight is 258 g/mol. The Morgan fingerprint density at radius 3 is 2.22 bits per heavy atom. The molecule has 0 aromatic carbocycles. The molecule has 1 N–H and O–H groups in total. The van der Waals surface area contributed by atoms with E-state index in [1.807, 2.05) is 0 Å². The second-order valence-electron chi connectivity index (χ2n) is 5.29. The Hall–Kier alpha value is -0.120. The zero-order valence-corrected chi connectivity index (χ0v) is 13.3. The average Bonchev–Trinajstić information content (AvgIpc) is 2.40. The largest absolute Gasteiger partial charge is 0.383 e. The third-order valence-corrected chi connectivity index (χ3v) is 4.03. The van der Waals surface area contributed by atoms with Gasteiger partial charge in [0.15, 0.2) is 0 Å². The van der Waals surface area contributed by atoms with Crippen LogP contribution in [0.3, 0.4) is 0 Å². The van der Waals surface area contributed by atoms with Crippen molar-refractivity contribution in [2.75, 3.05) is 33.4 Å². The van der Waals surface area contributed by atoms with E-state index < -0.39 is 0 Å². The predicted molar refractivity (Wildman–Crippen MR) is 80.1 cm³/mol. The zero-order valence-electron chi connectivity index (χ0n) is 13.3. The molecular weight excluding hydrogens is 224 g/mol. The van der Waals surface area contributed by atoms with Gasteiger partial charge in [-0.15, -0.1) is 0 Å². The number of nitrogens with one attached hydrogen (secondary N) is 1. The SMILES string of the molecule is CCNC(CN(CCOC)C(C)CC)C(C)CC. The lowest BCUT2D eigenvalue weighted by molar-refractivity contribution is 0.107. The van der Waals surface area contributed by atoms with E-state index in [-0.39, 0.29) is 0 Å². The molecule has 0 saturated heterocycles. The molecule has 0 aromatic heterocycles. The molecule has 0 radical (unpaired) electrons. The molecule has 0 aliphatic heterocycles. The molecule has 0 bridgehead atoms. The highest BCUT2D eigenvalue weighted by Gasteiger charge is 2.20. The lowest BCUT2D eigenvalue weighted by Crippen LogP contribution is -2.48. The van der Waals surface area contributed by atoms with Gasteiger partial charge in [-0.1, -0.05) is 34.1 Å². The molecule has 0 amide bonds. The van der Waals surface area contributed by atoms with Crippen LogP contribution in [-0.4, -0.2) is 50.3 Å². The molecule has 3 atom stereocenters. The Morgan fingerprint density at radius 2 is 1.78 bits per heavy atom. The molecule has 0 fully saturated rings. The maximum atomic E-state index is 5.23. The molecule has 0 aliphatic rings. The van der Waals surface area contributed by atoms with Crippen LogP contribution in [0.25, 0.3) is 0 Å². The summed E-state index contributed by atoms with van der Waals surface area (Å²) in [5, 5.41) is 3.64. The van der Waals surface area contributed by atoms with Crippen molar-refractivity contribution in [3.05, 3.63) is 0 Å².